The van der Waals surface area contributed by atoms with Gasteiger partial charge in [0.2, 0.25) is 0 Å². The number of H-pyrrole nitrogens is 1. The predicted molar refractivity (Wildman–Crippen MR) is 71.2 cm³/mol. The summed E-state index contributed by atoms with van der Waals surface area (Å²) in [6.45, 7) is 1.71. The summed E-state index contributed by atoms with van der Waals surface area (Å²) in [7, 11) is 0. The van der Waals surface area contributed by atoms with Crippen molar-refractivity contribution in [2.45, 2.75) is 57.6 Å². The summed E-state index contributed by atoms with van der Waals surface area (Å²) in [6, 6.07) is 0.107. The van der Waals surface area contributed by atoms with Crippen molar-refractivity contribution in [3.05, 3.63) is 32.6 Å². The summed E-state index contributed by atoms with van der Waals surface area (Å²) in [5.74, 6) is 0. The van der Waals surface area contributed by atoms with Crippen LogP contribution in [0.5, 0.6) is 0 Å². The zero-order chi connectivity index (χ0) is 13.6. The average Bonchev–Trinajstić information content (AvgIpc) is 2.94. The molecule has 0 saturated heterocycles. The molecule has 1 spiro atoms. The van der Waals surface area contributed by atoms with Gasteiger partial charge in [0.15, 0.2) is 0 Å². The Bertz CT molecular complexity index is 603. The normalized spacial score (nSPS) is 34.2. The quantitative estimate of drug-likeness (QED) is 0.797. The van der Waals surface area contributed by atoms with E-state index < -0.39 is 0 Å². The van der Waals surface area contributed by atoms with Crippen molar-refractivity contribution in [1.82, 2.24) is 9.55 Å². The van der Waals surface area contributed by atoms with Crippen molar-refractivity contribution in [2.75, 3.05) is 0 Å². The van der Waals surface area contributed by atoms with Crippen molar-refractivity contribution in [3.63, 3.8) is 0 Å². The summed E-state index contributed by atoms with van der Waals surface area (Å²) in [5, 5.41) is 10.2. The van der Waals surface area contributed by atoms with Crippen LogP contribution in [0.25, 0.3) is 0 Å². The third-order valence-electron chi connectivity index (χ3n) is 5.02. The first-order chi connectivity index (χ1) is 9.02. The largest absolute Gasteiger partial charge is 0.393 e. The fourth-order valence-corrected chi connectivity index (χ4v) is 3.87. The maximum atomic E-state index is 11.9. The number of aromatic amines is 1. The number of hydrogen-bond donors (Lipinski definition) is 2. The van der Waals surface area contributed by atoms with Crippen molar-refractivity contribution in [1.29, 1.82) is 0 Å². The lowest BCUT2D eigenvalue weighted by atomic mass is 9.82. The highest BCUT2D eigenvalue weighted by Gasteiger charge is 2.47. The van der Waals surface area contributed by atoms with E-state index in [1.165, 1.54) is 0 Å². The minimum Gasteiger partial charge on any atom is -0.393 e. The first-order valence-corrected chi connectivity index (χ1v) is 7.02. The molecule has 5 heteroatoms. The smallest absolute Gasteiger partial charge is 0.328 e. The second kappa shape index (κ2) is 4.34. The topological polar surface area (TPSA) is 75.1 Å². The molecule has 1 aromatic rings. The first kappa shape index (κ1) is 12.7. The Labute approximate surface area is 111 Å². The molecule has 5 nitrogen and oxygen atoms in total. The minimum atomic E-state index is -0.329. The van der Waals surface area contributed by atoms with Crippen LogP contribution in [-0.4, -0.2) is 20.8 Å². The molecule has 0 bridgehead atoms. The number of nitrogens with one attached hydrogen (secondary N) is 1. The minimum absolute atomic E-state index is 0.00808. The third-order valence-corrected chi connectivity index (χ3v) is 5.02. The van der Waals surface area contributed by atoms with Crippen LogP contribution in [-0.2, 0) is 0 Å². The fraction of sp³-hybridized carbons (Fsp3) is 0.714. The molecule has 0 amide bonds. The van der Waals surface area contributed by atoms with Gasteiger partial charge in [0, 0.05) is 17.8 Å². The Morgan fingerprint density at radius 2 is 2.16 bits per heavy atom. The summed E-state index contributed by atoms with van der Waals surface area (Å²) in [5.41, 5.74) is -0.0683. The lowest BCUT2D eigenvalue weighted by Crippen LogP contribution is -2.34. The van der Waals surface area contributed by atoms with Gasteiger partial charge in [-0.05, 0) is 44.4 Å². The van der Waals surface area contributed by atoms with Gasteiger partial charge in [-0.1, -0.05) is 6.42 Å². The highest BCUT2D eigenvalue weighted by molar-refractivity contribution is 5.05. The summed E-state index contributed by atoms with van der Waals surface area (Å²) < 4.78 is 1.65. The van der Waals surface area contributed by atoms with Gasteiger partial charge in [-0.2, -0.15) is 0 Å². The van der Waals surface area contributed by atoms with E-state index in [1.807, 2.05) is 0 Å². The SMILES string of the molecule is Cc1cn([C@H]2CC[C@]3(CCC[C@H]3O)C2)c(=O)[nH]c1=O. The maximum Gasteiger partial charge on any atom is 0.328 e. The molecule has 0 aromatic carbocycles. The number of hydrogen-bond acceptors (Lipinski definition) is 3. The number of aromatic nitrogens is 2. The molecule has 2 aliphatic carbocycles. The molecule has 3 atom stereocenters. The molecule has 0 radical (unpaired) electrons. The van der Waals surface area contributed by atoms with Crippen molar-refractivity contribution < 1.29 is 5.11 Å². The molecule has 2 aliphatic rings. The number of nitrogens with zero attached hydrogens (tertiary/aromatic N) is 1. The molecular weight excluding hydrogens is 244 g/mol. The van der Waals surface area contributed by atoms with Crippen LogP contribution in [0.1, 0.15) is 50.1 Å². The van der Waals surface area contributed by atoms with Gasteiger partial charge >= 0.3 is 5.69 Å². The van der Waals surface area contributed by atoms with E-state index in [9.17, 15) is 14.7 Å². The molecule has 0 unspecified atom stereocenters. The molecule has 1 aromatic heterocycles. The first-order valence-electron chi connectivity index (χ1n) is 7.02. The second-order valence-electron chi connectivity index (χ2n) is 6.15. The van der Waals surface area contributed by atoms with E-state index in [2.05, 4.69) is 4.98 Å². The summed E-state index contributed by atoms with van der Waals surface area (Å²) >= 11 is 0. The number of aliphatic hydroxyl groups excluding tert-OH is 1. The third kappa shape index (κ3) is 1.96. The van der Waals surface area contributed by atoms with E-state index >= 15 is 0 Å². The average molecular weight is 264 g/mol. The number of rotatable bonds is 1. The van der Waals surface area contributed by atoms with Crippen LogP contribution in [0.3, 0.4) is 0 Å². The van der Waals surface area contributed by atoms with Crippen molar-refractivity contribution in [2.24, 2.45) is 5.41 Å². The van der Waals surface area contributed by atoms with Crippen LogP contribution >= 0.6 is 0 Å². The summed E-state index contributed by atoms with van der Waals surface area (Å²) in [4.78, 5) is 25.7. The second-order valence-corrected chi connectivity index (χ2v) is 6.15. The van der Waals surface area contributed by atoms with Gasteiger partial charge in [0.05, 0.1) is 6.10 Å². The highest BCUT2D eigenvalue weighted by Crippen LogP contribution is 2.53. The van der Waals surface area contributed by atoms with Crippen LogP contribution in [0.15, 0.2) is 15.8 Å². The van der Waals surface area contributed by atoms with Gasteiger partial charge in [0.1, 0.15) is 0 Å². The van der Waals surface area contributed by atoms with E-state index in [0.29, 0.717) is 5.56 Å². The molecule has 2 N–H and O–H groups in total. The predicted octanol–water partition coefficient (Wildman–Crippen LogP) is 1.10. The fourth-order valence-electron chi connectivity index (χ4n) is 3.87. The van der Waals surface area contributed by atoms with Crippen LogP contribution in [0.2, 0.25) is 0 Å². The van der Waals surface area contributed by atoms with Crippen LogP contribution in [0, 0.1) is 12.3 Å². The zero-order valence-corrected chi connectivity index (χ0v) is 11.2. The molecule has 2 saturated carbocycles. The molecule has 104 valence electrons. The van der Waals surface area contributed by atoms with Crippen molar-refractivity contribution >= 4 is 0 Å². The molecule has 2 fully saturated rings. The Hall–Kier alpha value is -1.36. The van der Waals surface area contributed by atoms with E-state index in [1.54, 1.807) is 17.7 Å². The standard InChI is InChI=1S/C14H20N2O3/c1-9-8-16(13(19)15-12(9)18)10-4-6-14(7-10)5-2-3-11(14)17/h8,10-11,17H,2-7H2,1H3,(H,15,18,19)/t10-,11+,14+/m0/s1. The summed E-state index contributed by atoms with van der Waals surface area (Å²) in [6.07, 6.45) is 7.18. The van der Waals surface area contributed by atoms with Crippen molar-refractivity contribution in [3.8, 4) is 0 Å². The molecular formula is C14H20N2O3. The number of aliphatic hydroxyl groups is 1. The monoisotopic (exact) mass is 264 g/mol. The molecule has 1 heterocycles. The van der Waals surface area contributed by atoms with Gasteiger partial charge in [-0.3, -0.25) is 14.3 Å². The maximum absolute atomic E-state index is 11.9. The lowest BCUT2D eigenvalue weighted by molar-refractivity contribution is 0.0547. The molecule has 3 rings (SSSR count). The van der Waals surface area contributed by atoms with Crippen LogP contribution in [0.4, 0.5) is 0 Å². The highest BCUT2D eigenvalue weighted by atomic mass is 16.3. The lowest BCUT2D eigenvalue weighted by Gasteiger charge is -2.27. The van der Waals surface area contributed by atoms with E-state index in [4.69, 9.17) is 0 Å². The van der Waals surface area contributed by atoms with Gasteiger partial charge in [-0.25, -0.2) is 4.79 Å². The Balaban J connectivity index is 1.91. The Kier molecular flexibility index (Phi) is 2.89. The van der Waals surface area contributed by atoms with Gasteiger partial charge in [0.25, 0.3) is 5.56 Å². The molecule has 19 heavy (non-hydrogen) atoms. The molecule has 0 aliphatic heterocycles. The van der Waals surface area contributed by atoms with E-state index in [-0.39, 0.29) is 28.8 Å². The Morgan fingerprint density at radius 1 is 1.37 bits per heavy atom. The van der Waals surface area contributed by atoms with E-state index in [0.717, 1.165) is 38.5 Å². The van der Waals surface area contributed by atoms with Gasteiger partial charge < -0.3 is 5.11 Å². The zero-order valence-electron chi connectivity index (χ0n) is 11.2. The Morgan fingerprint density at radius 3 is 2.84 bits per heavy atom. The van der Waals surface area contributed by atoms with Crippen LogP contribution < -0.4 is 11.2 Å². The van der Waals surface area contributed by atoms with Gasteiger partial charge in [-0.15, -0.1) is 0 Å². The number of aryl methyl sites for hydroxylation is 1.